The number of aryl methyl sites for hydroxylation is 1. The molecule has 0 radical (unpaired) electrons. The number of nitrogens with one attached hydrogen (secondary N) is 1. The van der Waals surface area contributed by atoms with Gasteiger partial charge >= 0.3 is 0 Å². The monoisotopic (exact) mass is 323 g/mol. The summed E-state index contributed by atoms with van der Waals surface area (Å²) in [6.45, 7) is 5.18. The lowest BCUT2D eigenvalue weighted by atomic mass is 9.90. The molecular formula is C20H22FN3. The lowest BCUT2D eigenvalue weighted by molar-refractivity contribution is 0.202. The molecule has 0 unspecified atom stereocenters. The number of rotatable bonds is 3. The molecule has 0 amide bonds. The highest BCUT2D eigenvalue weighted by molar-refractivity contribution is 5.84. The number of halogens is 1. The van der Waals surface area contributed by atoms with Crippen LogP contribution >= 0.6 is 0 Å². The summed E-state index contributed by atoms with van der Waals surface area (Å²) in [6, 6.07) is 9.24. The predicted molar refractivity (Wildman–Crippen MR) is 94.5 cm³/mol. The number of aromatic amines is 1. The molecule has 1 saturated heterocycles. The van der Waals surface area contributed by atoms with E-state index in [9.17, 15) is 4.39 Å². The molecule has 0 saturated carbocycles. The van der Waals surface area contributed by atoms with Gasteiger partial charge in [-0.25, -0.2) is 4.39 Å². The molecule has 1 fully saturated rings. The Labute approximate surface area is 141 Å². The van der Waals surface area contributed by atoms with Crippen LogP contribution in [0.2, 0.25) is 0 Å². The van der Waals surface area contributed by atoms with E-state index in [2.05, 4.69) is 33.9 Å². The minimum absolute atomic E-state index is 0.172. The van der Waals surface area contributed by atoms with Crippen molar-refractivity contribution >= 4 is 10.9 Å². The van der Waals surface area contributed by atoms with Gasteiger partial charge in [0.25, 0.3) is 0 Å². The fraction of sp³-hybridized carbons (Fsp3) is 0.350. The van der Waals surface area contributed by atoms with E-state index in [1.807, 2.05) is 18.5 Å². The summed E-state index contributed by atoms with van der Waals surface area (Å²) in [5, 5.41) is 0.997. The molecule has 0 atom stereocenters. The summed E-state index contributed by atoms with van der Waals surface area (Å²) >= 11 is 0. The fourth-order valence-electron chi connectivity index (χ4n) is 3.80. The molecule has 1 N–H and O–H groups in total. The van der Waals surface area contributed by atoms with Crippen LogP contribution in [0, 0.1) is 12.7 Å². The van der Waals surface area contributed by atoms with E-state index in [1.165, 1.54) is 35.7 Å². The Morgan fingerprint density at radius 3 is 2.67 bits per heavy atom. The number of nitrogens with zero attached hydrogens (tertiary/aromatic N) is 2. The number of piperidine rings is 1. The summed E-state index contributed by atoms with van der Waals surface area (Å²) in [7, 11) is 0. The van der Waals surface area contributed by atoms with Crippen LogP contribution in [-0.4, -0.2) is 28.0 Å². The molecule has 3 nitrogen and oxygen atoms in total. The number of H-pyrrole nitrogens is 1. The fourth-order valence-corrected chi connectivity index (χ4v) is 3.80. The van der Waals surface area contributed by atoms with Crippen molar-refractivity contribution in [3.8, 4) is 0 Å². The van der Waals surface area contributed by atoms with Crippen LogP contribution in [0.1, 0.15) is 35.6 Å². The molecular weight excluding hydrogens is 301 g/mol. The first-order valence-electron chi connectivity index (χ1n) is 8.59. The summed E-state index contributed by atoms with van der Waals surface area (Å²) in [4.78, 5) is 10.1. The summed E-state index contributed by atoms with van der Waals surface area (Å²) in [5.41, 5.74) is 4.80. The second-order valence-electron chi connectivity index (χ2n) is 6.75. The number of hydrogen-bond donors (Lipinski definition) is 1. The van der Waals surface area contributed by atoms with Gasteiger partial charge in [0.1, 0.15) is 5.82 Å². The minimum Gasteiger partial charge on any atom is -0.357 e. The molecule has 2 aromatic heterocycles. The van der Waals surface area contributed by atoms with E-state index in [-0.39, 0.29) is 5.82 Å². The third-order valence-electron chi connectivity index (χ3n) is 5.27. The van der Waals surface area contributed by atoms with Gasteiger partial charge in [0.15, 0.2) is 0 Å². The van der Waals surface area contributed by atoms with Crippen LogP contribution in [0.25, 0.3) is 10.9 Å². The van der Waals surface area contributed by atoms with Crippen LogP contribution in [0.15, 0.2) is 42.7 Å². The zero-order valence-electron chi connectivity index (χ0n) is 13.9. The van der Waals surface area contributed by atoms with Crippen molar-refractivity contribution in [1.82, 2.24) is 14.9 Å². The Morgan fingerprint density at radius 2 is 1.92 bits per heavy atom. The molecule has 24 heavy (non-hydrogen) atoms. The Hall–Kier alpha value is -2.20. The van der Waals surface area contributed by atoms with Crippen molar-refractivity contribution in [3.05, 3.63) is 65.4 Å². The van der Waals surface area contributed by atoms with Gasteiger partial charge in [-0.3, -0.25) is 9.88 Å². The van der Waals surface area contributed by atoms with Gasteiger partial charge in [-0.15, -0.1) is 0 Å². The average molecular weight is 323 g/mol. The van der Waals surface area contributed by atoms with Gasteiger partial charge in [-0.2, -0.15) is 0 Å². The normalized spacial score (nSPS) is 16.8. The van der Waals surface area contributed by atoms with Crippen molar-refractivity contribution in [1.29, 1.82) is 0 Å². The van der Waals surface area contributed by atoms with E-state index >= 15 is 0 Å². The standard InChI is InChI=1S/C20H22FN3/c1-14-18-12-17(21)2-3-19(18)23-20(14)13-24-10-6-16(7-11-24)15-4-8-22-9-5-15/h2-5,8-9,12,16,23H,6-7,10-11,13H2,1H3. The quantitative estimate of drug-likeness (QED) is 0.775. The van der Waals surface area contributed by atoms with Gasteiger partial charge < -0.3 is 4.98 Å². The second kappa shape index (κ2) is 6.36. The molecule has 3 heterocycles. The maximum atomic E-state index is 13.5. The maximum Gasteiger partial charge on any atom is 0.123 e. The molecule has 4 rings (SSSR count). The van der Waals surface area contributed by atoms with Gasteiger partial charge in [-0.1, -0.05) is 0 Å². The molecule has 1 aliphatic heterocycles. The molecule has 124 valence electrons. The Morgan fingerprint density at radius 1 is 1.17 bits per heavy atom. The smallest absolute Gasteiger partial charge is 0.123 e. The van der Waals surface area contributed by atoms with Crippen molar-refractivity contribution in [2.75, 3.05) is 13.1 Å². The number of benzene rings is 1. The molecule has 3 aromatic rings. The van der Waals surface area contributed by atoms with Crippen molar-refractivity contribution in [2.45, 2.75) is 32.2 Å². The molecule has 1 aromatic carbocycles. The first kappa shape index (κ1) is 15.3. The van der Waals surface area contributed by atoms with Crippen LogP contribution in [0.5, 0.6) is 0 Å². The Kier molecular flexibility index (Phi) is 4.07. The van der Waals surface area contributed by atoms with Crippen LogP contribution in [-0.2, 0) is 6.54 Å². The van der Waals surface area contributed by atoms with Crippen molar-refractivity contribution < 1.29 is 4.39 Å². The van der Waals surface area contributed by atoms with Crippen molar-refractivity contribution in [2.24, 2.45) is 0 Å². The first-order valence-corrected chi connectivity index (χ1v) is 8.59. The predicted octanol–water partition coefficient (Wildman–Crippen LogP) is 4.39. The van der Waals surface area contributed by atoms with E-state index in [1.54, 1.807) is 6.07 Å². The largest absolute Gasteiger partial charge is 0.357 e. The highest BCUT2D eigenvalue weighted by Gasteiger charge is 2.21. The summed E-state index contributed by atoms with van der Waals surface area (Å²) in [6.07, 6.45) is 6.12. The first-order chi connectivity index (χ1) is 11.7. The molecule has 0 bridgehead atoms. The highest BCUT2D eigenvalue weighted by atomic mass is 19.1. The highest BCUT2D eigenvalue weighted by Crippen LogP contribution is 2.29. The molecule has 0 aliphatic carbocycles. The van der Waals surface area contributed by atoms with Gasteiger partial charge in [0.05, 0.1) is 0 Å². The number of fused-ring (bicyclic) bond motifs is 1. The van der Waals surface area contributed by atoms with E-state index in [0.717, 1.165) is 30.5 Å². The number of pyridine rings is 1. The Bertz CT molecular complexity index is 833. The molecule has 0 spiro atoms. The van der Waals surface area contributed by atoms with E-state index < -0.39 is 0 Å². The lowest BCUT2D eigenvalue weighted by Crippen LogP contribution is -2.32. The number of likely N-dealkylation sites (tertiary alicyclic amines) is 1. The SMILES string of the molecule is Cc1c(CN2CCC(c3ccncc3)CC2)[nH]c2ccc(F)cc12. The summed E-state index contributed by atoms with van der Waals surface area (Å²) < 4.78 is 13.5. The van der Waals surface area contributed by atoms with Crippen LogP contribution < -0.4 is 0 Å². The second-order valence-corrected chi connectivity index (χ2v) is 6.75. The van der Waals surface area contributed by atoms with E-state index in [0.29, 0.717) is 5.92 Å². The maximum absolute atomic E-state index is 13.5. The minimum atomic E-state index is -0.172. The lowest BCUT2D eigenvalue weighted by Gasteiger charge is -2.32. The van der Waals surface area contributed by atoms with Gasteiger partial charge in [0.2, 0.25) is 0 Å². The topological polar surface area (TPSA) is 31.9 Å². The third kappa shape index (κ3) is 2.94. The zero-order chi connectivity index (χ0) is 16.5. The van der Waals surface area contributed by atoms with Gasteiger partial charge in [0, 0.05) is 35.5 Å². The van der Waals surface area contributed by atoms with Gasteiger partial charge in [-0.05, 0) is 80.2 Å². The molecule has 4 heteroatoms. The zero-order valence-corrected chi connectivity index (χ0v) is 13.9. The number of aromatic nitrogens is 2. The number of hydrogen-bond acceptors (Lipinski definition) is 2. The van der Waals surface area contributed by atoms with Crippen molar-refractivity contribution in [3.63, 3.8) is 0 Å². The van der Waals surface area contributed by atoms with E-state index in [4.69, 9.17) is 0 Å². The average Bonchev–Trinajstić information content (AvgIpc) is 2.92. The Balaban J connectivity index is 1.45. The summed E-state index contributed by atoms with van der Waals surface area (Å²) in [5.74, 6) is 0.469. The molecule has 1 aliphatic rings. The van der Waals surface area contributed by atoms with Crippen LogP contribution in [0.3, 0.4) is 0 Å². The third-order valence-corrected chi connectivity index (χ3v) is 5.27. The van der Waals surface area contributed by atoms with Crippen LogP contribution in [0.4, 0.5) is 4.39 Å².